The lowest BCUT2D eigenvalue weighted by molar-refractivity contribution is -0.311. The number of rotatable bonds is 9. The minimum absolute atomic E-state index is 0.0436. The van der Waals surface area contributed by atoms with Gasteiger partial charge in [0.2, 0.25) is 0 Å². The topological polar surface area (TPSA) is 168 Å². The van der Waals surface area contributed by atoms with Gasteiger partial charge in [0.1, 0.15) is 30.0 Å². The molecule has 1 aromatic carbocycles. The Kier molecular flexibility index (Phi) is 7.83. The maximum Gasteiger partial charge on any atom is 0.338 e. The number of esters is 3. The zero-order valence-electron chi connectivity index (χ0n) is 27.5. The highest BCUT2D eigenvalue weighted by Crippen LogP contribution is 2.79. The van der Waals surface area contributed by atoms with Crippen LogP contribution in [0, 0.1) is 34.5 Å². The van der Waals surface area contributed by atoms with E-state index >= 15 is 0 Å². The fourth-order valence-electron chi connectivity index (χ4n) is 12.0. The predicted molar refractivity (Wildman–Crippen MR) is 161 cm³/mol. The normalized spacial score (nSPS) is 48.5. The maximum absolute atomic E-state index is 13.7. The van der Waals surface area contributed by atoms with Crippen molar-refractivity contribution in [3.8, 4) is 0 Å². The molecule has 15 atom stereocenters. The van der Waals surface area contributed by atoms with Crippen molar-refractivity contribution >= 4 is 17.9 Å². The predicted octanol–water partition coefficient (Wildman–Crippen LogP) is 0.487. The summed E-state index contributed by atoms with van der Waals surface area (Å²) in [5.74, 6) is -4.31. The fourth-order valence-corrected chi connectivity index (χ4v) is 12.0. The molecule has 13 heteroatoms. The van der Waals surface area contributed by atoms with E-state index in [2.05, 4.69) is 5.32 Å². The molecule has 7 rings (SSSR count). The number of fused-ring (bicyclic) bond motifs is 2. The second kappa shape index (κ2) is 11.2. The summed E-state index contributed by atoms with van der Waals surface area (Å²) >= 11 is 0. The average molecular weight is 660 g/mol. The molecule has 6 fully saturated rings. The van der Waals surface area contributed by atoms with Gasteiger partial charge in [0.15, 0.2) is 5.60 Å². The molecule has 5 aliphatic carbocycles. The standard InChI is InChI=1S/C34H45NO12/c1-16(36)45-20-12-21(42-4)33-19-13-32(40)28(46-30(39)18-10-8-7-9-11-18)22(19)34(47-17(2)37,27(38)29(32)44-6)23-24(43-5)25(33)31(20,15-41-3)14-35-26(23)33/h7-11,19-29,35,38,40H,12-15H2,1-6H3. The molecule has 15 unspecified atom stereocenters. The molecule has 258 valence electrons. The number of piperidine rings is 1. The molecule has 5 saturated carbocycles. The van der Waals surface area contributed by atoms with Gasteiger partial charge < -0.3 is 48.7 Å². The van der Waals surface area contributed by atoms with Gasteiger partial charge in [-0.3, -0.25) is 9.59 Å². The number of benzene rings is 1. The SMILES string of the molecule is COCC12CNC3C4C(OC)C1C3(C(OC)CC2OC(C)=O)C1CC2(O)C(OC)C(O)C4(OC(C)=O)C1C2OC(=O)c1ccccc1. The summed E-state index contributed by atoms with van der Waals surface area (Å²) in [6, 6.07) is 8.01. The van der Waals surface area contributed by atoms with Crippen molar-refractivity contribution in [1.29, 1.82) is 0 Å². The number of hydrogen-bond donors (Lipinski definition) is 3. The van der Waals surface area contributed by atoms with Crippen LogP contribution in [0.25, 0.3) is 0 Å². The Bertz CT molecular complexity index is 1430. The Hall–Kier alpha value is -2.65. The van der Waals surface area contributed by atoms with Crippen molar-refractivity contribution < 1.29 is 57.8 Å². The van der Waals surface area contributed by atoms with E-state index in [1.807, 2.05) is 0 Å². The van der Waals surface area contributed by atoms with Gasteiger partial charge in [-0.25, -0.2) is 4.79 Å². The highest BCUT2D eigenvalue weighted by Gasteiger charge is 2.91. The molecule has 1 aliphatic heterocycles. The van der Waals surface area contributed by atoms with Crippen LogP contribution in [0.4, 0.5) is 0 Å². The van der Waals surface area contributed by atoms with Crippen molar-refractivity contribution in [2.24, 2.45) is 34.5 Å². The second-order valence-corrected chi connectivity index (χ2v) is 14.4. The highest BCUT2D eigenvalue weighted by molar-refractivity contribution is 5.89. The first-order valence-electron chi connectivity index (χ1n) is 16.3. The Morgan fingerprint density at radius 2 is 1.64 bits per heavy atom. The number of carbonyl (C=O) groups excluding carboxylic acids is 3. The third kappa shape index (κ3) is 3.93. The van der Waals surface area contributed by atoms with Crippen LogP contribution in [-0.4, -0.2) is 124 Å². The van der Waals surface area contributed by atoms with Gasteiger partial charge >= 0.3 is 17.9 Å². The van der Waals surface area contributed by atoms with Gasteiger partial charge in [0.05, 0.1) is 24.4 Å². The molecule has 7 bridgehead atoms. The summed E-state index contributed by atoms with van der Waals surface area (Å²) in [6.07, 6.45) is -5.49. The van der Waals surface area contributed by atoms with E-state index in [-0.39, 0.29) is 18.6 Å². The minimum atomic E-state index is -1.86. The minimum Gasteiger partial charge on any atom is -0.462 e. The average Bonchev–Trinajstić information content (AvgIpc) is 3.39. The Balaban J connectivity index is 1.49. The second-order valence-electron chi connectivity index (χ2n) is 14.4. The van der Waals surface area contributed by atoms with Crippen LogP contribution in [0.2, 0.25) is 0 Å². The van der Waals surface area contributed by atoms with Gasteiger partial charge in [-0.2, -0.15) is 0 Å². The summed E-state index contributed by atoms with van der Waals surface area (Å²) in [6.45, 7) is 3.24. The summed E-state index contributed by atoms with van der Waals surface area (Å²) in [4.78, 5) is 39.5. The monoisotopic (exact) mass is 659 g/mol. The molecule has 6 aliphatic rings. The van der Waals surface area contributed by atoms with Gasteiger partial charge in [-0.1, -0.05) is 18.2 Å². The number of aliphatic hydroxyl groups is 2. The summed E-state index contributed by atoms with van der Waals surface area (Å²) < 4.78 is 43.3. The molecule has 3 N–H and O–H groups in total. The number of hydrogen-bond acceptors (Lipinski definition) is 13. The molecule has 1 aromatic rings. The van der Waals surface area contributed by atoms with Crippen LogP contribution in [0.1, 0.15) is 37.0 Å². The van der Waals surface area contributed by atoms with Crippen LogP contribution < -0.4 is 5.32 Å². The van der Waals surface area contributed by atoms with Gasteiger partial charge in [-0.05, 0) is 24.5 Å². The summed E-state index contributed by atoms with van der Waals surface area (Å²) in [5, 5.41) is 28.9. The van der Waals surface area contributed by atoms with Gasteiger partial charge in [0, 0.05) is 89.9 Å². The van der Waals surface area contributed by atoms with Crippen molar-refractivity contribution in [2.75, 3.05) is 41.6 Å². The molecule has 47 heavy (non-hydrogen) atoms. The molecular weight excluding hydrogens is 614 g/mol. The van der Waals surface area contributed by atoms with Crippen molar-refractivity contribution in [1.82, 2.24) is 5.32 Å². The maximum atomic E-state index is 13.7. The third-order valence-corrected chi connectivity index (χ3v) is 12.8. The molecule has 1 saturated heterocycles. The quantitative estimate of drug-likeness (QED) is 0.248. The number of methoxy groups -OCH3 is 4. The molecular formula is C34H45NO12. The van der Waals surface area contributed by atoms with E-state index in [1.165, 1.54) is 21.0 Å². The lowest BCUT2D eigenvalue weighted by atomic mass is 9.43. The van der Waals surface area contributed by atoms with Crippen molar-refractivity contribution in [3.63, 3.8) is 0 Å². The molecule has 0 aromatic heterocycles. The number of aliphatic hydroxyl groups excluding tert-OH is 1. The highest BCUT2D eigenvalue weighted by atomic mass is 16.6. The van der Waals surface area contributed by atoms with E-state index in [1.54, 1.807) is 51.7 Å². The molecule has 1 spiro atoms. The van der Waals surface area contributed by atoms with Gasteiger partial charge in [0.25, 0.3) is 0 Å². The largest absolute Gasteiger partial charge is 0.462 e. The van der Waals surface area contributed by atoms with Crippen LogP contribution in [-0.2, 0) is 42.7 Å². The lowest BCUT2D eigenvalue weighted by Gasteiger charge is -2.68. The third-order valence-electron chi connectivity index (χ3n) is 12.8. The van der Waals surface area contributed by atoms with Crippen molar-refractivity contribution in [3.05, 3.63) is 35.9 Å². The van der Waals surface area contributed by atoms with E-state index < -0.39 is 106 Å². The van der Waals surface area contributed by atoms with E-state index in [4.69, 9.17) is 33.2 Å². The lowest BCUT2D eigenvalue weighted by Crippen LogP contribution is -2.81. The molecule has 0 amide bonds. The van der Waals surface area contributed by atoms with E-state index in [9.17, 15) is 24.6 Å². The Morgan fingerprint density at radius 1 is 0.915 bits per heavy atom. The number of carbonyl (C=O) groups is 3. The van der Waals surface area contributed by atoms with Crippen LogP contribution in [0.15, 0.2) is 30.3 Å². The molecule has 13 nitrogen and oxygen atoms in total. The molecule has 1 heterocycles. The first-order valence-corrected chi connectivity index (χ1v) is 16.3. The van der Waals surface area contributed by atoms with Crippen LogP contribution >= 0.6 is 0 Å². The van der Waals surface area contributed by atoms with Crippen LogP contribution in [0.5, 0.6) is 0 Å². The summed E-state index contributed by atoms with van der Waals surface area (Å²) in [5.41, 5.74) is -4.94. The molecule has 0 radical (unpaired) electrons. The first-order chi connectivity index (χ1) is 22.4. The Labute approximate surface area is 273 Å². The summed E-state index contributed by atoms with van der Waals surface area (Å²) in [7, 11) is 6.17. The smallest absolute Gasteiger partial charge is 0.338 e. The fraction of sp³-hybridized carbons (Fsp3) is 0.735. The first kappa shape index (κ1) is 32.9. The van der Waals surface area contributed by atoms with Crippen LogP contribution in [0.3, 0.4) is 0 Å². The zero-order valence-corrected chi connectivity index (χ0v) is 27.5. The van der Waals surface area contributed by atoms with Gasteiger partial charge in [-0.15, -0.1) is 0 Å². The number of ether oxygens (including phenoxy) is 7. The van der Waals surface area contributed by atoms with E-state index in [0.29, 0.717) is 13.0 Å². The van der Waals surface area contributed by atoms with E-state index in [0.717, 1.165) is 0 Å². The number of nitrogens with one attached hydrogen (secondary N) is 1. The Morgan fingerprint density at radius 3 is 2.23 bits per heavy atom. The zero-order chi connectivity index (χ0) is 33.7. The van der Waals surface area contributed by atoms with Crippen molar-refractivity contribution in [2.45, 2.75) is 80.6 Å².